The molecule has 16 heavy (non-hydrogen) atoms. The van der Waals surface area contributed by atoms with E-state index in [1.807, 2.05) is 4.90 Å². The zero-order valence-electron chi connectivity index (χ0n) is 10.0. The van der Waals surface area contributed by atoms with Gasteiger partial charge in [-0.2, -0.15) is 0 Å². The summed E-state index contributed by atoms with van der Waals surface area (Å²) < 4.78 is 0. The molecule has 0 bridgehead atoms. The first-order valence-electron chi connectivity index (χ1n) is 6.74. The molecule has 0 heterocycles. The van der Waals surface area contributed by atoms with Crippen LogP contribution in [0.5, 0.6) is 0 Å². The zero-order valence-corrected chi connectivity index (χ0v) is 10.0. The van der Waals surface area contributed by atoms with Crippen LogP contribution in [0.2, 0.25) is 0 Å². The Morgan fingerprint density at radius 3 is 2.19 bits per heavy atom. The molecule has 2 aliphatic carbocycles. The van der Waals surface area contributed by atoms with Crippen molar-refractivity contribution in [1.29, 1.82) is 0 Å². The second kappa shape index (κ2) is 5.67. The number of rotatable bonds is 4. The van der Waals surface area contributed by atoms with Gasteiger partial charge in [-0.15, -0.1) is 0 Å². The SMILES string of the molecule is O=C(C1CCCCCC1)N(CCO)C1CC1. The van der Waals surface area contributed by atoms with E-state index in [0.717, 1.165) is 25.7 Å². The molecule has 0 aromatic heterocycles. The van der Waals surface area contributed by atoms with Gasteiger partial charge in [0, 0.05) is 18.5 Å². The molecule has 0 aliphatic heterocycles. The molecule has 0 aromatic carbocycles. The standard InChI is InChI=1S/C13H23NO2/c15-10-9-14(12-7-8-12)13(16)11-5-3-1-2-4-6-11/h11-12,15H,1-10H2. The minimum atomic E-state index is 0.106. The largest absolute Gasteiger partial charge is 0.395 e. The lowest BCUT2D eigenvalue weighted by molar-refractivity contribution is -0.137. The molecule has 0 unspecified atom stereocenters. The maximum absolute atomic E-state index is 12.3. The van der Waals surface area contributed by atoms with Gasteiger partial charge in [0.15, 0.2) is 0 Å². The fourth-order valence-corrected chi connectivity index (χ4v) is 2.73. The van der Waals surface area contributed by atoms with E-state index >= 15 is 0 Å². The average Bonchev–Trinajstić information content (AvgIpc) is 3.10. The summed E-state index contributed by atoms with van der Waals surface area (Å²) in [4.78, 5) is 14.3. The quantitative estimate of drug-likeness (QED) is 0.743. The molecular formula is C13H23NO2. The van der Waals surface area contributed by atoms with E-state index in [-0.39, 0.29) is 12.5 Å². The number of nitrogens with zero attached hydrogens (tertiary/aromatic N) is 1. The van der Waals surface area contributed by atoms with Gasteiger partial charge in [0.1, 0.15) is 0 Å². The van der Waals surface area contributed by atoms with Crippen LogP contribution in [0.1, 0.15) is 51.4 Å². The van der Waals surface area contributed by atoms with Crippen molar-refractivity contribution in [3.05, 3.63) is 0 Å². The molecule has 3 nitrogen and oxygen atoms in total. The van der Waals surface area contributed by atoms with Crippen LogP contribution in [-0.4, -0.2) is 35.1 Å². The Bertz CT molecular complexity index is 230. The third-order valence-corrected chi connectivity index (χ3v) is 3.82. The monoisotopic (exact) mass is 225 g/mol. The number of hydrogen-bond donors (Lipinski definition) is 1. The summed E-state index contributed by atoms with van der Waals surface area (Å²) >= 11 is 0. The van der Waals surface area contributed by atoms with E-state index in [1.165, 1.54) is 25.7 Å². The van der Waals surface area contributed by atoms with Gasteiger partial charge in [-0.25, -0.2) is 0 Å². The van der Waals surface area contributed by atoms with Crippen LogP contribution >= 0.6 is 0 Å². The first-order valence-corrected chi connectivity index (χ1v) is 6.74. The topological polar surface area (TPSA) is 40.5 Å². The first kappa shape index (κ1) is 11.9. The summed E-state index contributed by atoms with van der Waals surface area (Å²) in [5.74, 6) is 0.563. The van der Waals surface area contributed by atoms with Crippen molar-refractivity contribution in [3.8, 4) is 0 Å². The number of aliphatic hydroxyl groups excluding tert-OH is 1. The minimum absolute atomic E-state index is 0.106. The predicted molar refractivity (Wildman–Crippen MR) is 63.0 cm³/mol. The summed E-state index contributed by atoms with van der Waals surface area (Å²) in [6, 6.07) is 0.447. The van der Waals surface area contributed by atoms with Crippen LogP contribution in [0.4, 0.5) is 0 Å². The molecule has 0 spiro atoms. The third kappa shape index (κ3) is 2.97. The fourth-order valence-electron chi connectivity index (χ4n) is 2.73. The second-order valence-corrected chi connectivity index (χ2v) is 5.17. The number of amides is 1. The van der Waals surface area contributed by atoms with Gasteiger partial charge in [-0.05, 0) is 25.7 Å². The second-order valence-electron chi connectivity index (χ2n) is 5.17. The highest BCUT2D eigenvalue weighted by Crippen LogP contribution is 2.31. The highest BCUT2D eigenvalue weighted by Gasteiger charge is 2.35. The van der Waals surface area contributed by atoms with Gasteiger partial charge in [0.2, 0.25) is 5.91 Å². The normalized spacial score (nSPS) is 22.8. The van der Waals surface area contributed by atoms with Gasteiger partial charge in [-0.1, -0.05) is 25.7 Å². The van der Waals surface area contributed by atoms with E-state index in [2.05, 4.69) is 0 Å². The number of carbonyl (C=O) groups is 1. The molecular weight excluding hydrogens is 202 g/mol. The van der Waals surface area contributed by atoms with E-state index in [0.29, 0.717) is 18.5 Å². The summed E-state index contributed by atoms with van der Waals surface area (Å²) in [6.45, 7) is 0.648. The van der Waals surface area contributed by atoms with Crippen LogP contribution in [0.25, 0.3) is 0 Å². The molecule has 2 aliphatic rings. The van der Waals surface area contributed by atoms with Crippen LogP contribution in [0, 0.1) is 5.92 Å². The average molecular weight is 225 g/mol. The first-order chi connectivity index (χ1) is 7.83. The Balaban J connectivity index is 1.91. The molecule has 2 rings (SSSR count). The minimum Gasteiger partial charge on any atom is -0.395 e. The molecule has 1 N–H and O–H groups in total. The van der Waals surface area contributed by atoms with Gasteiger partial charge in [-0.3, -0.25) is 4.79 Å². The summed E-state index contributed by atoms with van der Waals surface area (Å²) in [5, 5.41) is 9.02. The van der Waals surface area contributed by atoms with E-state index in [9.17, 15) is 4.79 Å². The smallest absolute Gasteiger partial charge is 0.226 e. The lowest BCUT2D eigenvalue weighted by Gasteiger charge is -2.26. The van der Waals surface area contributed by atoms with Crippen LogP contribution < -0.4 is 0 Å². The van der Waals surface area contributed by atoms with Gasteiger partial charge >= 0.3 is 0 Å². The molecule has 2 saturated carbocycles. The summed E-state index contributed by atoms with van der Waals surface area (Å²) in [7, 11) is 0. The van der Waals surface area contributed by atoms with Gasteiger partial charge in [0.25, 0.3) is 0 Å². The highest BCUT2D eigenvalue weighted by atomic mass is 16.3. The van der Waals surface area contributed by atoms with E-state index in [4.69, 9.17) is 5.11 Å². The van der Waals surface area contributed by atoms with Crippen molar-refractivity contribution in [2.75, 3.05) is 13.2 Å². The fraction of sp³-hybridized carbons (Fsp3) is 0.923. The molecule has 0 saturated heterocycles. The van der Waals surface area contributed by atoms with Crippen molar-refractivity contribution in [1.82, 2.24) is 4.90 Å². The molecule has 3 heteroatoms. The van der Waals surface area contributed by atoms with Crippen molar-refractivity contribution >= 4 is 5.91 Å². The Kier molecular flexibility index (Phi) is 4.22. The van der Waals surface area contributed by atoms with Crippen molar-refractivity contribution < 1.29 is 9.90 Å². The lowest BCUT2D eigenvalue weighted by atomic mass is 9.98. The van der Waals surface area contributed by atoms with Crippen LogP contribution in [0.3, 0.4) is 0 Å². The van der Waals surface area contributed by atoms with Crippen molar-refractivity contribution in [2.24, 2.45) is 5.92 Å². The van der Waals surface area contributed by atoms with Gasteiger partial charge < -0.3 is 10.0 Å². The van der Waals surface area contributed by atoms with Gasteiger partial charge in [0.05, 0.1) is 6.61 Å². The zero-order chi connectivity index (χ0) is 11.4. The number of carbonyl (C=O) groups excluding carboxylic acids is 1. The molecule has 0 aromatic rings. The molecule has 0 radical (unpaired) electrons. The van der Waals surface area contributed by atoms with Crippen LogP contribution in [-0.2, 0) is 4.79 Å². The van der Waals surface area contributed by atoms with Crippen molar-refractivity contribution in [3.63, 3.8) is 0 Å². The number of aliphatic hydroxyl groups is 1. The van der Waals surface area contributed by atoms with E-state index in [1.54, 1.807) is 0 Å². The Hall–Kier alpha value is -0.570. The maximum Gasteiger partial charge on any atom is 0.226 e. The molecule has 2 fully saturated rings. The maximum atomic E-state index is 12.3. The molecule has 1 amide bonds. The summed E-state index contributed by atoms with van der Waals surface area (Å²) in [6.07, 6.45) is 9.38. The Labute approximate surface area is 97.8 Å². The Morgan fingerprint density at radius 1 is 1.06 bits per heavy atom. The predicted octanol–water partition coefficient (Wildman–Crippen LogP) is 1.94. The molecule has 0 atom stereocenters. The van der Waals surface area contributed by atoms with Crippen LogP contribution in [0.15, 0.2) is 0 Å². The number of hydrogen-bond acceptors (Lipinski definition) is 2. The third-order valence-electron chi connectivity index (χ3n) is 3.82. The van der Waals surface area contributed by atoms with E-state index < -0.39 is 0 Å². The summed E-state index contributed by atoms with van der Waals surface area (Å²) in [5.41, 5.74) is 0. The Morgan fingerprint density at radius 2 is 1.69 bits per heavy atom. The molecule has 92 valence electrons. The van der Waals surface area contributed by atoms with Crippen molar-refractivity contribution in [2.45, 2.75) is 57.4 Å². The highest BCUT2D eigenvalue weighted by molar-refractivity contribution is 5.79. The lowest BCUT2D eigenvalue weighted by Crippen LogP contribution is -2.39.